The Balaban J connectivity index is 2.66. The number of hydrogen-bond acceptors (Lipinski definition) is 2. The van der Waals surface area contributed by atoms with Crippen molar-refractivity contribution >= 4 is 10.0 Å². The zero-order valence-corrected chi connectivity index (χ0v) is 13.4. The standard InChI is InChI=1S/C15H25NO2S/c1-12-7-8-14(13(2)11-12)19(17,18)16-10-6-9-15(3,4)5/h7-8,11,16H,6,9-10H2,1-5H3. The molecule has 0 unspecified atom stereocenters. The van der Waals surface area contributed by atoms with Crippen LogP contribution in [0.1, 0.15) is 44.7 Å². The molecule has 0 aliphatic rings. The summed E-state index contributed by atoms with van der Waals surface area (Å²) >= 11 is 0. The van der Waals surface area contributed by atoms with E-state index >= 15 is 0 Å². The van der Waals surface area contributed by atoms with Crippen LogP contribution in [0.3, 0.4) is 0 Å². The summed E-state index contributed by atoms with van der Waals surface area (Å²) < 4.78 is 27.0. The topological polar surface area (TPSA) is 46.2 Å². The SMILES string of the molecule is Cc1ccc(S(=O)(=O)NCCCC(C)(C)C)c(C)c1. The van der Waals surface area contributed by atoms with E-state index < -0.39 is 10.0 Å². The molecule has 19 heavy (non-hydrogen) atoms. The molecule has 0 atom stereocenters. The van der Waals surface area contributed by atoms with Crippen molar-refractivity contribution in [1.29, 1.82) is 0 Å². The molecule has 0 aromatic heterocycles. The van der Waals surface area contributed by atoms with Crippen molar-refractivity contribution in [2.45, 2.75) is 52.4 Å². The van der Waals surface area contributed by atoms with Crippen molar-refractivity contribution in [3.63, 3.8) is 0 Å². The lowest BCUT2D eigenvalue weighted by Gasteiger charge is -2.18. The number of aryl methyl sites for hydroxylation is 2. The number of hydrogen-bond donors (Lipinski definition) is 1. The summed E-state index contributed by atoms with van der Waals surface area (Å²) in [6, 6.07) is 5.40. The maximum absolute atomic E-state index is 12.2. The van der Waals surface area contributed by atoms with Gasteiger partial charge in [0.2, 0.25) is 10.0 Å². The summed E-state index contributed by atoms with van der Waals surface area (Å²) in [7, 11) is -3.38. The van der Waals surface area contributed by atoms with Crippen LogP contribution in [0, 0.1) is 19.3 Å². The highest BCUT2D eigenvalue weighted by molar-refractivity contribution is 7.89. The fraction of sp³-hybridized carbons (Fsp3) is 0.600. The summed E-state index contributed by atoms with van der Waals surface area (Å²) in [6.45, 7) is 10.8. The van der Waals surface area contributed by atoms with Gasteiger partial charge in [-0.2, -0.15) is 0 Å². The van der Waals surface area contributed by atoms with Gasteiger partial charge < -0.3 is 0 Å². The molecule has 0 saturated heterocycles. The third-order valence-corrected chi connectivity index (χ3v) is 4.64. The smallest absolute Gasteiger partial charge is 0.211 e. The van der Waals surface area contributed by atoms with Crippen molar-refractivity contribution in [1.82, 2.24) is 4.72 Å². The van der Waals surface area contributed by atoms with Crippen LogP contribution in [-0.2, 0) is 10.0 Å². The van der Waals surface area contributed by atoms with E-state index in [1.165, 1.54) is 0 Å². The Morgan fingerprint density at radius 2 is 1.79 bits per heavy atom. The molecule has 0 saturated carbocycles. The van der Waals surface area contributed by atoms with Crippen molar-refractivity contribution in [2.24, 2.45) is 5.41 Å². The molecular weight excluding hydrogens is 258 g/mol. The predicted molar refractivity (Wildman–Crippen MR) is 79.8 cm³/mol. The Bertz CT molecular complexity index is 528. The molecule has 3 nitrogen and oxygen atoms in total. The first-order chi connectivity index (χ1) is 8.62. The quantitative estimate of drug-likeness (QED) is 0.842. The molecule has 1 N–H and O–H groups in total. The van der Waals surface area contributed by atoms with Crippen LogP contribution in [0.15, 0.2) is 23.1 Å². The summed E-state index contributed by atoms with van der Waals surface area (Å²) in [4.78, 5) is 0.383. The van der Waals surface area contributed by atoms with Crippen molar-refractivity contribution in [3.8, 4) is 0 Å². The minimum absolute atomic E-state index is 0.241. The largest absolute Gasteiger partial charge is 0.240 e. The average molecular weight is 283 g/mol. The maximum Gasteiger partial charge on any atom is 0.240 e. The van der Waals surface area contributed by atoms with E-state index in [2.05, 4.69) is 25.5 Å². The van der Waals surface area contributed by atoms with Gasteiger partial charge in [0, 0.05) is 6.54 Å². The lowest BCUT2D eigenvalue weighted by Crippen LogP contribution is -2.26. The average Bonchev–Trinajstić information content (AvgIpc) is 2.22. The molecule has 1 aromatic carbocycles. The lowest BCUT2D eigenvalue weighted by molar-refractivity contribution is 0.365. The second-order valence-electron chi connectivity index (χ2n) is 6.33. The van der Waals surface area contributed by atoms with E-state index in [9.17, 15) is 8.42 Å². The van der Waals surface area contributed by atoms with Gasteiger partial charge in [-0.25, -0.2) is 13.1 Å². The van der Waals surface area contributed by atoms with Gasteiger partial charge in [0.15, 0.2) is 0 Å². The van der Waals surface area contributed by atoms with Crippen molar-refractivity contribution in [3.05, 3.63) is 29.3 Å². The van der Waals surface area contributed by atoms with E-state index in [0.717, 1.165) is 24.0 Å². The van der Waals surface area contributed by atoms with E-state index in [4.69, 9.17) is 0 Å². The monoisotopic (exact) mass is 283 g/mol. The van der Waals surface area contributed by atoms with Gasteiger partial charge in [0.1, 0.15) is 0 Å². The van der Waals surface area contributed by atoms with E-state index in [1.54, 1.807) is 6.07 Å². The first kappa shape index (κ1) is 16.2. The Kier molecular flexibility index (Phi) is 5.16. The molecule has 0 fully saturated rings. The van der Waals surface area contributed by atoms with Crippen LogP contribution in [0.2, 0.25) is 0 Å². The highest BCUT2D eigenvalue weighted by Crippen LogP contribution is 2.20. The molecule has 0 bridgehead atoms. The van der Waals surface area contributed by atoms with Gasteiger partial charge in [-0.1, -0.05) is 38.5 Å². The number of nitrogens with one attached hydrogen (secondary N) is 1. The van der Waals surface area contributed by atoms with Gasteiger partial charge >= 0.3 is 0 Å². The minimum atomic E-state index is -3.38. The van der Waals surface area contributed by atoms with E-state index in [-0.39, 0.29) is 5.41 Å². The molecule has 0 spiro atoms. The third kappa shape index (κ3) is 5.33. The van der Waals surface area contributed by atoms with Gasteiger partial charge in [0.25, 0.3) is 0 Å². The molecule has 1 aromatic rings. The molecule has 4 heteroatoms. The predicted octanol–water partition coefficient (Wildman–Crippen LogP) is 3.41. The second kappa shape index (κ2) is 6.06. The van der Waals surface area contributed by atoms with Crippen LogP contribution in [0.4, 0.5) is 0 Å². The van der Waals surface area contributed by atoms with E-state index in [1.807, 2.05) is 26.0 Å². The molecule has 0 heterocycles. The molecule has 1 rings (SSSR count). The highest BCUT2D eigenvalue weighted by atomic mass is 32.2. The summed E-state index contributed by atoms with van der Waals surface area (Å²) in [5.41, 5.74) is 2.11. The zero-order chi connectivity index (χ0) is 14.7. The first-order valence-electron chi connectivity index (χ1n) is 6.69. The summed E-state index contributed by atoms with van der Waals surface area (Å²) in [5.74, 6) is 0. The number of sulfonamides is 1. The first-order valence-corrected chi connectivity index (χ1v) is 8.17. The van der Waals surface area contributed by atoms with Gasteiger partial charge in [-0.05, 0) is 43.7 Å². The molecular formula is C15H25NO2S. The molecule has 108 valence electrons. The van der Waals surface area contributed by atoms with Crippen LogP contribution in [0.25, 0.3) is 0 Å². The van der Waals surface area contributed by atoms with Crippen molar-refractivity contribution in [2.75, 3.05) is 6.54 Å². The van der Waals surface area contributed by atoms with Crippen molar-refractivity contribution < 1.29 is 8.42 Å². The third-order valence-electron chi connectivity index (χ3n) is 3.02. The zero-order valence-electron chi connectivity index (χ0n) is 12.6. The summed E-state index contributed by atoms with van der Waals surface area (Å²) in [5, 5.41) is 0. The Morgan fingerprint density at radius 3 is 2.32 bits per heavy atom. The van der Waals surface area contributed by atoms with Crippen LogP contribution in [-0.4, -0.2) is 15.0 Å². The number of rotatable bonds is 5. The van der Waals surface area contributed by atoms with E-state index in [0.29, 0.717) is 11.4 Å². The fourth-order valence-corrected chi connectivity index (χ4v) is 3.30. The second-order valence-corrected chi connectivity index (χ2v) is 8.07. The van der Waals surface area contributed by atoms with Gasteiger partial charge in [-0.3, -0.25) is 0 Å². The highest BCUT2D eigenvalue weighted by Gasteiger charge is 2.16. The molecule has 0 amide bonds. The minimum Gasteiger partial charge on any atom is -0.211 e. The lowest BCUT2D eigenvalue weighted by atomic mass is 9.91. The number of benzene rings is 1. The normalized spacial score (nSPS) is 12.7. The van der Waals surface area contributed by atoms with Crippen LogP contribution in [0.5, 0.6) is 0 Å². The van der Waals surface area contributed by atoms with Gasteiger partial charge in [0.05, 0.1) is 4.90 Å². The fourth-order valence-electron chi connectivity index (χ4n) is 2.00. The molecule has 0 radical (unpaired) electrons. The van der Waals surface area contributed by atoms with Gasteiger partial charge in [-0.15, -0.1) is 0 Å². The maximum atomic E-state index is 12.2. The Labute approximate surface area is 117 Å². The van der Waals surface area contributed by atoms with Crippen LogP contribution < -0.4 is 4.72 Å². The Hall–Kier alpha value is -0.870. The molecule has 0 aliphatic carbocycles. The Morgan fingerprint density at radius 1 is 1.16 bits per heavy atom. The summed E-state index contributed by atoms with van der Waals surface area (Å²) in [6.07, 6.45) is 1.86. The molecule has 0 aliphatic heterocycles. The van der Waals surface area contributed by atoms with Crippen LogP contribution >= 0.6 is 0 Å².